The van der Waals surface area contributed by atoms with Crippen molar-refractivity contribution in [3.8, 4) is 16.9 Å². The number of sulfonamides is 3. The Morgan fingerprint density at radius 2 is 1.48 bits per heavy atom. The van der Waals surface area contributed by atoms with Crippen molar-refractivity contribution in [2.45, 2.75) is 17.8 Å². The van der Waals surface area contributed by atoms with Gasteiger partial charge in [-0.1, -0.05) is 18.2 Å². The van der Waals surface area contributed by atoms with E-state index in [0.29, 0.717) is 5.56 Å². The van der Waals surface area contributed by atoms with Crippen molar-refractivity contribution >= 4 is 58.3 Å². The number of ether oxygens (including phenoxy) is 1. The van der Waals surface area contributed by atoms with Crippen molar-refractivity contribution in [2.75, 3.05) is 22.0 Å². The van der Waals surface area contributed by atoms with Crippen LogP contribution in [0, 0.1) is 0 Å². The van der Waals surface area contributed by atoms with Crippen molar-refractivity contribution in [1.82, 2.24) is 14.3 Å². The maximum Gasteiger partial charge on any atom is 0.573 e. The highest BCUT2D eigenvalue weighted by Gasteiger charge is 2.33. The van der Waals surface area contributed by atoms with Crippen molar-refractivity contribution < 1.29 is 48.0 Å². The van der Waals surface area contributed by atoms with Crippen LogP contribution < -0.4 is 24.5 Å². The Bertz CT molecular complexity index is 2530. The number of alkyl halides is 3. The summed E-state index contributed by atoms with van der Waals surface area (Å²) in [6.07, 6.45) is -2.06. The Labute approximate surface area is 283 Å². The van der Waals surface area contributed by atoms with Gasteiger partial charge in [0.15, 0.2) is 0 Å². The third-order valence-electron chi connectivity index (χ3n) is 6.82. The van der Waals surface area contributed by atoms with E-state index in [1.54, 1.807) is 6.07 Å². The topological polar surface area (TPSA) is 203 Å². The molecule has 20 heteroatoms. The number of nitrogens with zero attached hydrogens (tertiary/aromatic N) is 1. The molecule has 0 radical (unpaired) electrons. The van der Waals surface area contributed by atoms with Crippen LogP contribution in [0.2, 0.25) is 0 Å². The minimum absolute atomic E-state index is 0.0705. The second-order valence-corrected chi connectivity index (χ2v) is 16.0. The number of aromatic amines is 1. The molecule has 0 spiro atoms. The number of fused-ring (bicyclic) bond motifs is 1. The molecule has 1 amide bonds. The third kappa shape index (κ3) is 8.62. The van der Waals surface area contributed by atoms with Gasteiger partial charge in [-0.15, -0.1) is 13.2 Å². The number of rotatable bonds is 11. The predicted octanol–water partition coefficient (Wildman–Crippen LogP) is 3.81. The Morgan fingerprint density at radius 1 is 0.840 bits per heavy atom. The Kier molecular flexibility index (Phi) is 9.47. The predicted molar refractivity (Wildman–Crippen MR) is 178 cm³/mol. The zero-order valence-corrected chi connectivity index (χ0v) is 28.2. The van der Waals surface area contributed by atoms with Crippen LogP contribution in [-0.4, -0.2) is 59.6 Å². The quantitative estimate of drug-likeness (QED) is 0.155. The molecule has 50 heavy (non-hydrogen) atoms. The van der Waals surface area contributed by atoms with E-state index in [4.69, 9.17) is 0 Å². The summed E-state index contributed by atoms with van der Waals surface area (Å²) in [5.41, 5.74) is -1.28. The van der Waals surface area contributed by atoms with Crippen LogP contribution in [0.4, 0.5) is 24.5 Å². The number of benzene rings is 3. The van der Waals surface area contributed by atoms with E-state index in [1.807, 2.05) is 4.72 Å². The molecule has 0 aliphatic carbocycles. The molecule has 4 N–H and O–H groups in total. The fourth-order valence-electron chi connectivity index (χ4n) is 5.12. The Balaban J connectivity index is 1.74. The van der Waals surface area contributed by atoms with E-state index in [1.165, 1.54) is 59.3 Å². The first kappa shape index (κ1) is 36.0. The van der Waals surface area contributed by atoms with Gasteiger partial charge in [0.05, 0.1) is 17.4 Å². The lowest BCUT2D eigenvalue weighted by Crippen LogP contribution is -2.33. The van der Waals surface area contributed by atoms with Gasteiger partial charge in [0, 0.05) is 46.1 Å². The maximum absolute atomic E-state index is 14.2. The second kappa shape index (κ2) is 13.2. The van der Waals surface area contributed by atoms with Gasteiger partial charge >= 0.3 is 6.36 Å². The van der Waals surface area contributed by atoms with Crippen LogP contribution in [0.15, 0.2) is 94.7 Å². The minimum atomic E-state index is -5.11. The number of anilines is 2. The molecule has 0 aliphatic rings. The van der Waals surface area contributed by atoms with Crippen molar-refractivity contribution in [1.29, 1.82) is 0 Å². The molecule has 0 saturated heterocycles. The Hall–Kier alpha value is -5.34. The summed E-state index contributed by atoms with van der Waals surface area (Å²) in [5, 5.41) is -0.101. The highest BCUT2D eigenvalue weighted by molar-refractivity contribution is 7.92. The lowest BCUT2D eigenvalue weighted by atomic mass is 10.0. The number of H-pyrrole nitrogens is 1. The molecule has 0 atom stereocenters. The monoisotopic (exact) mass is 753 g/mol. The van der Waals surface area contributed by atoms with Gasteiger partial charge in [-0.3, -0.25) is 19.0 Å². The van der Waals surface area contributed by atoms with Crippen LogP contribution in [0.5, 0.6) is 5.75 Å². The third-order valence-corrected chi connectivity index (χ3v) is 9.36. The van der Waals surface area contributed by atoms with Gasteiger partial charge in [-0.05, 0) is 66.2 Å². The van der Waals surface area contributed by atoms with Gasteiger partial charge in [0.25, 0.3) is 21.5 Å². The molecule has 2 heterocycles. The van der Waals surface area contributed by atoms with Crippen molar-refractivity contribution in [3.05, 3.63) is 107 Å². The first-order valence-electron chi connectivity index (χ1n) is 14.0. The van der Waals surface area contributed by atoms with Crippen LogP contribution in [-0.2, 0) is 36.6 Å². The molecule has 0 saturated carbocycles. The number of carbonyl (C=O) groups is 1. The van der Waals surface area contributed by atoms with Gasteiger partial charge in [0.1, 0.15) is 11.4 Å². The van der Waals surface area contributed by atoms with E-state index in [9.17, 15) is 48.0 Å². The summed E-state index contributed by atoms with van der Waals surface area (Å²) in [6, 6.07) is 16.2. The van der Waals surface area contributed by atoms with Gasteiger partial charge in [-0.25, -0.2) is 30.0 Å². The standard InChI is InChI=1S/C30H26F3N5O9S3/c1-48(41,42)35-19-7-3-6-18(14-19)17-38-25-12-11-21(47-30(31,32)33)16-24(25)26(23-10-5-13-34-28(23)39)27(38)29(40)37-50(45,46)22-9-4-8-20(15-22)36-49(2,43)44/h3-16,35-36H,17H2,1-2H3,(H,34,39)(H,37,40). The largest absolute Gasteiger partial charge is 0.573 e. The van der Waals surface area contributed by atoms with E-state index in [2.05, 4.69) is 19.2 Å². The lowest BCUT2D eigenvalue weighted by Gasteiger charge is -2.14. The molecule has 5 rings (SSSR count). The number of halogens is 3. The summed E-state index contributed by atoms with van der Waals surface area (Å²) in [6.45, 7) is -0.281. The molecular formula is C30H26F3N5O9S3. The summed E-state index contributed by atoms with van der Waals surface area (Å²) < 4.78 is 126. The lowest BCUT2D eigenvalue weighted by molar-refractivity contribution is -0.274. The molecular weight excluding hydrogens is 728 g/mol. The first-order chi connectivity index (χ1) is 23.2. The van der Waals surface area contributed by atoms with E-state index in [0.717, 1.165) is 36.8 Å². The molecule has 14 nitrogen and oxygen atoms in total. The molecule has 5 aromatic rings. The molecule has 2 aromatic heterocycles. The highest BCUT2D eigenvalue weighted by Crippen LogP contribution is 2.38. The smallest absolute Gasteiger partial charge is 0.406 e. The SMILES string of the molecule is CS(=O)(=O)Nc1cccc(Cn2c(C(=O)NS(=O)(=O)c3cccc(NS(C)(=O)=O)c3)c(-c3ccc[nH]c3=O)c3cc(OC(F)(F)F)ccc32)c1. The molecule has 0 unspecified atom stereocenters. The fraction of sp³-hybridized carbons (Fsp3) is 0.133. The van der Waals surface area contributed by atoms with Gasteiger partial charge in [0.2, 0.25) is 20.0 Å². The van der Waals surface area contributed by atoms with Crippen molar-refractivity contribution in [2.24, 2.45) is 0 Å². The first-order valence-corrected chi connectivity index (χ1v) is 19.3. The molecule has 0 bridgehead atoms. The number of nitrogens with one attached hydrogen (secondary N) is 4. The van der Waals surface area contributed by atoms with Crippen molar-refractivity contribution in [3.63, 3.8) is 0 Å². The minimum Gasteiger partial charge on any atom is -0.406 e. The van der Waals surface area contributed by atoms with E-state index >= 15 is 0 Å². The summed E-state index contributed by atoms with van der Waals surface area (Å²) in [4.78, 5) is 29.2. The average Bonchev–Trinajstić information content (AvgIpc) is 3.28. The number of amides is 1. The second-order valence-electron chi connectivity index (χ2n) is 10.9. The normalized spacial score (nSPS) is 12.4. The number of aromatic nitrogens is 2. The van der Waals surface area contributed by atoms with Crippen LogP contribution in [0.25, 0.3) is 22.0 Å². The summed E-state index contributed by atoms with van der Waals surface area (Å²) in [7, 11) is -12.3. The number of hydrogen-bond acceptors (Lipinski definition) is 9. The molecule has 0 aliphatic heterocycles. The zero-order chi connectivity index (χ0) is 36.6. The fourth-order valence-corrected chi connectivity index (χ4v) is 7.23. The van der Waals surface area contributed by atoms with E-state index in [-0.39, 0.29) is 39.9 Å². The average molecular weight is 754 g/mol. The van der Waals surface area contributed by atoms with Gasteiger partial charge < -0.3 is 14.3 Å². The Morgan fingerprint density at radius 3 is 2.10 bits per heavy atom. The number of hydrogen-bond donors (Lipinski definition) is 4. The van der Waals surface area contributed by atoms with Crippen LogP contribution in [0.1, 0.15) is 16.1 Å². The zero-order valence-electron chi connectivity index (χ0n) is 25.8. The molecule has 264 valence electrons. The van der Waals surface area contributed by atoms with Crippen LogP contribution >= 0.6 is 0 Å². The maximum atomic E-state index is 14.2. The van der Waals surface area contributed by atoms with E-state index < -0.39 is 64.2 Å². The highest BCUT2D eigenvalue weighted by atomic mass is 32.2. The van der Waals surface area contributed by atoms with Crippen LogP contribution in [0.3, 0.4) is 0 Å². The summed E-state index contributed by atoms with van der Waals surface area (Å²) >= 11 is 0. The molecule has 0 fully saturated rings. The number of pyridine rings is 1. The summed E-state index contributed by atoms with van der Waals surface area (Å²) in [5.74, 6) is -2.02. The molecule has 3 aromatic carbocycles. The van der Waals surface area contributed by atoms with Gasteiger partial charge in [-0.2, -0.15) is 0 Å². The number of carbonyl (C=O) groups excluding carboxylic acids is 1.